The summed E-state index contributed by atoms with van der Waals surface area (Å²) >= 11 is 2.07. The highest BCUT2D eigenvalue weighted by atomic mass is 127. The summed E-state index contributed by atoms with van der Waals surface area (Å²) < 4.78 is 27.4. The first kappa shape index (κ1) is 21.2. The molecule has 0 aliphatic rings. The van der Waals surface area contributed by atoms with Gasteiger partial charge in [0, 0.05) is 9.64 Å². The number of nitrogens with zero attached hydrogens (tertiary/aromatic N) is 2. The van der Waals surface area contributed by atoms with E-state index in [1.54, 1.807) is 12.1 Å². The quantitative estimate of drug-likeness (QED) is 0.263. The molecule has 0 fully saturated rings. The van der Waals surface area contributed by atoms with E-state index in [2.05, 4.69) is 32.6 Å². The second kappa shape index (κ2) is 9.87. The first-order chi connectivity index (χ1) is 15.1. The molecule has 0 spiro atoms. The molecule has 0 aliphatic heterocycles. The Balaban J connectivity index is 1.65. The molecule has 31 heavy (non-hydrogen) atoms. The Hall–Kier alpha value is -3.00. The summed E-state index contributed by atoms with van der Waals surface area (Å²) in [7, 11) is 0. The van der Waals surface area contributed by atoms with E-state index in [1.165, 1.54) is 6.07 Å². The molecule has 6 heteroatoms. The van der Waals surface area contributed by atoms with Crippen LogP contribution in [0.15, 0.2) is 78.9 Å². The summed E-state index contributed by atoms with van der Waals surface area (Å²) in [6, 6.07) is 24.5. The van der Waals surface area contributed by atoms with Crippen molar-refractivity contribution < 1.29 is 13.9 Å². The minimum Gasteiger partial charge on any atom is -0.473 e. The SMILES string of the molecule is Cc1nc(-c2ccc(OCc3ccccc3)nc2OCc2ccccc2)c(F)cc1I. The molecule has 2 aromatic heterocycles. The van der Waals surface area contributed by atoms with Gasteiger partial charge in [0.2, 0.25) is 11.8 Å². The summed E-state index contributed by atoms with van der Waals surface area (Å²) in [5, 5.41) is 0. The summed E-state index contributed by atoms with van der Waals surface area (Å²) in [5.74, 6) is 0.263. The van der Waals surface area contributed by atoms with E-state index in [9.17, 15) is 4.39 Å². The minimum atomic E-state index is -0.417. The van der Waals surface area contributed by atoms with Crippen LogP contribution >= 0.6 is 22.6 Å². The number of pyridine rings is 2. The van der Waals surface area contributed by atoms with Gasteiger partial charge in [-0.25, -0.2) is 9.37 Å². The van der Waals surface area contributed by atoms with E-state index < -0.39 is 5.82 Å². The van der Waals surface area contributed by atoms with Crippen LogP contribution in [-0.2, 0) is 13.2 Å². The Kier molecular flexibility index (Phi) is 6.76. The largest absolute Gasteiger partial charge is 0.473 e. The van der Waals surface area contributed by atoms with Crippen molar-refractivity contribution in [1.29, 1.82) is 0 Å². The molecular formula is C25H20FIN2O2. The lowest BCUT2D eigenvalue weighted by Gasteiger charge is -2.14. The zero-order valence-electron chi connectivity index (χ0n) is 16.9. The normalized spacial score (nSPS) is 10.7. The van der Waals surface area contributed by atoms with Gasteiger partial charge in [0.05, 0.1) is 11.3 Å². The number of aromatic nitrogens is 2. The Labute approximate surface area is 194 Å². The van der Waals surface area contributed by atoms with Gasteiger partial charge in [-0.2, -0.15) is 4.98 Å². The molecule has 4 aromatic rings. The van der Waals surface area contributed by atoms with E-state index >= 15 is 0 Å². The van der Waals surface area contributed by atoms with Crippen LogP contribution in [-0.4, -0.2) is 9.97 Å². The van der Waals surface area contributed by atoms with Gasteiger partial charge >= 0.3 is 0 Å². The number of benzene rings is 2. The van der Waals surface area contributed by atoms with Crippen molar-refractivity contribution in [1.82, 2.24) is 9.97 Å². The molecule has 2 heterocycles. The number of rotatable bonds is 7. The van der Waals surface area contributed by atoms with Gasteiger partial charge in [0.1, 0.15) is 18.9 Å². The second-order valence-corrected chi connectivity index (χ2v) is 8.10. The average molecular weight is 526 g/mol. The molecule has 0 unspecified atom stereocenters. The molecule has 0 aliphatic carbocycles. The number of hydrogen-bond acceptors (Lipinski definition) is 4. The molecule has 4 nitrogen and oxygen atoms in total. The summed E-state index contributed by atoms with van der Waals surface area (Å²) in [5.41, 5.74) is 3.46. The third-order valence-corrected chi connectivity index (χ3v) is 5.73. The van der Waals surface area contributed by atoms with Crippen molar-refractivity contribution in [3.8, 4) is 23.0 Å². The van der Waals surface area contributed by atoms with Gasteiger partial charge in [0.25, 0.3) is 0 Å². The third kappa shape index (κ3) is 5.38. The van der Waals surface area contributed by atoms with Crippen molar-refractivity contribution in [3.05, 3.63) is 105 Å². The molecule has 0 radical (unpaired) electrons. The highest BCUT2D eigenvalue weighted by Crippen LogP contribution is 2.33. The zero-order chi connectivity index (χ0) is 21.6. The topological polar surface area (TPSA) is 44.2 Å². The summed E-state index contributed by atoms with van der Waals surface area (Å²) in [6.07, 6.45) is 0. The molecule has 156 valence electrons. The second-order valence-electron chi connectivity index (χ2n) is 6.94. The maximum atomic E-state index is 14.7. The number of ether oxygens (including phenoxy) is 2. The van der Waals surface area contributed by atoms with Crippen LogP contribution in [0.5, 0.6) is 11.8 Å². The monoisotopic (exact) mass is 526 g/mol. The van der Waals surface area contributed by atoms with Crippen LogP contribution in [0, 0.1) is 16.3 Å². The number of hydrogen-bond donors (Lipinski definition) is 0. The predicted octanol–water partition coefficient (Wildman–Crippen LogP) is 6.35. The van der Waals surface area contributed by atoms with Gasteiger partial charge in [-0.05, 0) is 52.8 Å². The lowest BCUT2D eigenvalue weighted by Crippen LogP contribution is -2.04. The van der Waals surface area contributed by atoms with Gasteiger partial charge in [0.15, 0.2) is 5.82 Å². The number of aryl methyl sites for hydroxylation is 1. The van der Waals surface area contributed by atoms with E-state index in [4.69, 9.17) is 9.47 Å². The lowest BCUT2D eigenvalue weighted by atomic mass is 10.1. The van der Waals surface area contributed by atoms with Crippen molar-refractivity contribution in [2.24, 2.45) is 0 Å². The minimum absolute atomic E-state index is 0.211. The molecule has 2 aromatic carbocycles. The van der Waals surface area contributed by atoms with Crippen LogP contribution in [0.2, 0.25) is 0 Å². The molecule has 4 rings (SSSR count). The van der Waals surface area contributed by atoms with E-state index in [0.29, 0.717) is 24.7 Å². The Morgan fingerprint density at radius 3 is 2.06 bits per heavy atom. The predicted molar refractivity (Wildman–Crippen MR) is 126 cm³/mol. The van der Waals surface area contributed by atoms with Gasteiger partial charge in [-0.3, -0.25) is 0 Å². The van der Waals surface area contributed by atoms with E-state index in [1.807, 2.05) is 67.6 Å². The molecular weight excluding hydrogens is 506 g/mol. The highest BCUT2D eigenvalue weighted by Gasteiger charge is 2.17. The van der Waals surface area contributed by atoms with Crippen LogP contribution < -0.4 is 9.47 Å². The van der Waals surface area contributed by atoms with Crippen LogP contribution in [0.3, 0.4) is 0 Å². The lowest BCUT2D eigenvalue weighted by molar-refractivity contribution is 0.268. The standard InChI is InChI=1S/C25H20FIN2O2/c1-17-22(27)14-21(26)24(28-17)20-12-13-23(30-15-18-8-4-2-5-9-18)29-25(20)31-16-19-10-6-3-7-11-19/h2-14H,15-16H2,1H3. The number of halogens is 2. The van der Waals surface area contributed by atoms with E-state index in [-0.39, 0.29) is 11.6 Å². The fraction of sp³-hybridized carbons (Fsp3) is 0.120. The smallest absolute Gasteiger partial charge is 0.226 e. The van der Waals surface area contributed by atoms with Crippen molar-refractivity contribution in [2.45, 2.75) is 20.1 Å². The summed E-state index contributed by atoms with van der Waals surface area (Å²) in [6.45, 7) is 2.52. The first-order valence-corrected chi connectivity index (χ1v) is 10.9. The first-order valence-electron chi connectivity index (χ1n) is 9.77. The Morgan fingerprint density at radius 2 is 1.42 bits per heavy atom. The molecule has 0 N–H and O–H groups in total. The van der Waals surface area contributed by atoms with Crippen LogP contribution in [0.1, 0.15) is 16.8 Å². The maximum absolute atomic E-state index is 14.7. The molecule has 0 bridgehead atoms. The fourth-order valence-corrected chi connectivity index (χ4v) is 3.39. The zero-order valence-corrected chi connectivity index (χ0v) is 19.0. The summed E-state index contributed by atoms with van der Waals surface area (Å²) in [4.78, 5) is 8.96. The van der Waals surface area contributed by atoms with Crippen molar-refractivity contribution >= 4 is 22.6 Å². The van der Waals surface area contributed by atoms with Crippen LogP contribution in [0.4, 0.5) is 4.39 Å². The Bertz CT molecular complexity index is 1170. The van der Waals surface area contributed by atoms with Crippen molar-refractivity contribution in [2.75, 3.05) is 0 Å². The average Bonchev–Trinajstić information content (AvgIpc) is 2.80. The molecule has 0 amide bonds. The van der Waals surface area contributed by atoms with Gasteiger partial charge in [-0.1, -0.05) is 60.7 Å². The molecule has 0 saturated carbocycles. The third-order valence-electron chi connectivity index (χ3n) is 4.64. The maximum Gasteiger partial charge on any atom is 0.226 e. The Morgan fingerprint density at radius 1 is 0.806 bits per heavy atom. The van der Waals surface area contributed by atoms with E-state index in [0.717, 1.165) is 20.4 Å². The molecule has 0 atom stereocenters. The van der Waals surface area contributed by atoms with Crippen molar-refractivity contribution in [3.63, 3.8) is 0 Å². The fourth-order valence-electron chi connectivity index (χ4n) is 3.00. The highest BCUT2D eigenvalue weighted by molar-refractivity contribution is 14.1. The van der Waals surface area contributed by atoms with Gasteiger partial charge < -0.3 is 9.47 Å². The van der Waals surface area contributed by atoms with Crippen LogP contribution in [0.25, 0.3) is 11.3 Å². The molecule has 0 saturated heterocycles. The van der Waals surface area contributed by atoms with Gasteiger partial charge in [-0.15, -0.1) is 0 Å².